The second-order valence-electron chi connectivity index (χ2n) is 4.94. The highest BCUT2D eigenvalue weighted by Gasteiger charge is 2.37. The Balaban J connectivity index is 2.18. The van der Waals surface area contributed by atoms with Gasteiger partial charge in [0.25, 0.3) is 11.6 Å². The summed E-state index contributed by atoms with van der Waals surface area (Å²) in [6, 6.07) is 5.46. The maximum absolute atomic E-state index is 12.2. The molecule has 1 aliphatic rings. The van der Waals surface area contributed by atoms with Gasteiger partial charge in [-0.15, -0.1) is 0 Å². The number of hydrogen-bond acceptors (Lipinski definition) is 4. The van der Waals surface area contributed by atoms with Gasteiger partial charge in [-0.2, -0.15) is 0 Å². The van der Waals surface area contributed by atoms with Crippen molar-refractivity contribution >= 4 is 17.6 Å². The van der Waals surface area contributed by atoms with Crippen LogP contribution in [-0.4, -0.2) is 39.9 Å². The van der Waals surface area contributed by atoms with Crippen molar-refractivity contribution < 1.29 is 19.6 Å². The third kappa shape index (κ3) is 2.61. The maximum atomic E-state index is 12.2. The fourth-order valence-corrected chi connectivity index (χ4v) is 2.39. The van der Waals surface area contributed by atoms with Gasteiger partial charge in [0.1, 0.15) is 0 Å². The number of hydrogen-bond donors (Lipinski definition) is 1. The number of nitro benzene ring substituents is 1. The van der Waals surface area contributed by atoms with E-state index in [0.29, 0.717) is 6.54 Å². The number of carbonyl (C=O) groups is 2. The Hall–Kier alpha value is -2.44. The Morgan fingerprint density at radius 1 is 1.40 bits per heavy atom. The first-order chi connectivity index (χ1) is 9.40. The molecule has 1 saturated heterocycles. The minimum Gasteiger partial charge on any atom is -0.481 e. The van der Waals surface area contributed by atoms with Crippen molar-refractivity contribution in [2.24, 2.45) is 11.8 Å². The van der Waals surface area contributed by atoms with Crippen LogP contribution in [0.15, 0.2) is 24.3 Å². The lowest BCUT2D eigenvalue weighted by Gasteiger charge is -2.15. The molecule has 0 aromatic heterocycles. The Bertz CT molecular complexity index is 572. The Kier molecular flexibility index (Phi) is 3.69. The van der Waals surface area contributed by atoms with E-state index in [1.54, 1.807) is 6.92 Å². The molecule has 0 spiro atoms. The molecular formula is C13H14N2O5. The maximum Gasteiger partial charge on any atom is 0.308 e. The van der Waals surface area contributed by atoms with Gasteiger partial charge in [0, 0.05) is 30.8 Å². The fraction of sp³-hybridized carbons (Fsp3) is 0.385. The summed E-state index contributed by atoms with van der Waals surface area (Å²) in [5.41, 5.74) is 0.0512. The van der Waals surface area contributed by atoms with Crippen molar-refractivity contribution in [3.63, 3.8) is 0 Å². The van der Waals surface area contributed by atoms with Gasteiger partial charge < -0.3 is 10.0 Å². The van der Waals surface area contributed by atoms with E-state index < -0.39 is 16.8 Å². The third-order valence-corrected chi connectivity index (χ3v) is 3.52. The molecule has 2 atom stereocenters. The zero-order chi connectivity index (χ0) is 14.9. The average Bonchev–Trinajstić information content (AvgIpc) is 2.80. The third-order valence-electron chi connectivity index (χ3n) is 3.52. The van der Waals surface area contributed by atoms with Crippen molar-refractivity contribution in [2.75, 3.05) is 13.1 Å². The standard InChI is InChI=1S/C13H14N2O5/c1-8-6-14(7-11(8)13(17)18)12(16)9-3-2-4-10(5-9)15(19)20/h2-5,8,11H,6-7H2,1H3,(H,17,18)/t8-,11-/m1/s1. The van der Waals surface area contributed by atoms with E-state index in [1.165, 1.54) is 29.2 Å². The molecule has 0 radical (unpaired) electrons. The van der Waals surface area contributed by atoms with Crippen molar-refractivity contribution in [3.05, 3.63) is 39.9 Å². The van der Waals surface area contributed by atoms with Crippen molar-refractivity contribution in [1.29, 1.82) is 0 Å². The average molecular weight is 278 g/mol. The molecule has 7 heteroatoms. The second-order valence-corrected chi connectivity index (χ2v) is 4.94. The zero-order valence-electron chi connectivity index (χ0n) is 10.9. The van der Waals surface area contributed by atoms with E-state index in [4.69, 9.17) is 5.11 Å². The number of aliphatic carboxylic acids is 1. The second kappa shape index (κ2) is 5.28. The molecular weight excluding hydrogens is 264 g/mol. The molecule has 0 saturated carbocycles. The zero-order valence-corrected chi connectivity index (χ0v) is 10.9. The van der Waals surface area contributed by atoms with Gasteiger partial charge in [-0.25, -0.2) is 0 Å². The highest BCUT2D eigenvalue weighted by Crippen LogP contribution is 2.25. The molecule has 1 aliphatic heterocycles. The molecule has 1 fully saturated rings. The van der Waals surface area contributed by atoms with E-state index in [0.717, 1.165) is 0 Å². The number of rotatable bonds is 3. The number of carboxylic acid groups (broad SMARTS) is 1. The van der Waals surface area contributed by atoms with Crippen LogP contribution in [0.4, 0.5) is 5.69 Å². The molecule has 2 rings (SSSR count). The minimum atomic E-state index is -0.924. The first kappa shape index (κ1) is 14.0. The van der Waals surface area contributed by atoms with Crippen LogP contribution in [0.2, 0.25) is 0 Å². The number of likely N-dealkylation sites (tertiary alicyclic amines) is 1. The van der Waals surface area contributed by atoms with Gasteiger partial charge in [0.05, 0.1) is 10.8 Å². The summed E-state index contributed by atoms with van der Waals surface area (Å²) in [5, 5.41) is 19.7. The van der Waals surface area contributed by atoms with Gasteiger partial charge >= 0.3 is 5.97 Å². The van der Waals surface area contributed by atoms with Crippen LogP contribution in [0.25, 0.3) is 0 Å². The molecule has 0 bridgehead atoms. The minimum absolute atomic E-state index is 0.129. The summed E-state index contributed by atoms with van der Waals surface area (Å²) in [6.07, 6.45) is 0. The Morgan fingerprint density at radius 3 is 2.65 bits per heavy atom. The topological polar surface area (TPSA) is 101 Å². The van der Waals surface area contributed by atoms with Crippen LogP contribution in [0.1, 0.15) is 17.3 Å². The summed E-state index contributed by atoms with van der Waals surface area (Å²) in [7, 11) is 0. The lowest BCUT2D eigenvalue weighted by atomic mass is 9.99. The fourth-order valence-electron chi connectivity index (χ4n) is 2.39. The molecule has 1 amide bonds. The number of carboxylic acids is 1. The first-order valence-corrected chi connectivity index (χ1v) is 6.16. The summed E-state index contributed by atoms with van der Waals surface area (Å²) in [6.45, 7) is 2.26. The smallest absolute Gasteiger partial charge is 0.308 e. The monoisotopic (exact) mass is 278 g/mol. The van der Waals surface area contributed by atoms with Crippen LogP contribution in [0.3, 0.4) is 0 Å². The van der Waals surface area contributed by atoms with Gasteiger partial charge in [0.15, 0.2) is 0 Å². The molecule has 0 aliphatic carbocycles. The Morgan fingerprint density at radius 2 is 2.10 bits per heavy atom. The molecule has 106 valence electrons. The van der Waals surface area contributed by atoms with Crippen LogP contribution < -0.4 is 0 Å². The summed E-state index contributed by atoms with van der Waals surface area (Å²) in [4.78, 5) is 34.8. The number of nitro groups is 1. The highest BCUT2D eigenvalue weighted by atomic mass is 16.6. The summed E-state index contributed by atoms with van der Waals surface area (Å²) >= 11 is 0. The summed E-state index contributed by atoms with van der Waals surface area (Å²) < 4.78 is 0. The van der Waals surface area contributed by atoms with E-state index in [2.05, 4.69) is 0 Å². The highest BCUT2D eigenvalue weighted by molar-refractivity contribution is 5.95. The van der Waals surface area contributed by atoms with Gasteiger partial charge in [0.2, 0.25) is 0 Å². The van der Waals surface area contributed by atoms with Crippen molar-refractivity contribution in [3.8, 4) is 0 Å². The van der Waals surface area contributed by atoms with Crippen LogP contribution in [-0.2, 0) is 4.79 Å². The number of non-ortho nitro benzene ring substituents is 1. The van der Waals surface area contributed by atoms with Crippen LogP contribution in [0.5, 0.6) is 0 Å². The quantitative estimate of drug-likeness (QED) is 0.665. The van der Waals surface area contributed by atoms with E-state index in [9.17, 15) is 19.7 Å². The molecule has 1 aromatic rings. The van der Waals surface area contributed by atoms with Gasteiger partial charge in [-0.3, -0.25) is 19.7 Å². The summed E-state index contributed by atoms with van der Waals surface area (Å²) in [5.74, 6) is -2.01. The van der Waals surface area contributed by atoms with Gasteiger partial charge in [-0.1, -0.05) is 13.0 Å². The van der Waals surface area contributed by atoms with Crippen LogP contribution >= 0.6 is 0 Å². The van der Waals surface area contributed by atoms with E-state index in [-0.39, 0.29) is 29.6 Å². The van der Waals surface area contributed by atoms with Gasteiger partial charge in [-0.05, 0) is 12.0 Å². The number of amides is 1. The van der Waals surface area contributed by atoms with Crippen LogP contribution in [0, 0.1) is 22.0 Å². The van der Waals surface area contributed by atoms with E-state index in [1.807, 2.05) is 0 Å². The SMILES string of the molecule is C[C@@H]1CN(C(=O)c2cccc([N+](=O)[O-])c2)C[C@H]1C(=O)O. The first-order valence-electron chi connectivity index (χ1n) is 6.16. The molecule has 1 aromatic carbocycles. The normalized spacial score (nSPS) is 21.8. The molecule has 20 heavy (non-hydrogen) atoms. The molecule has 1 N–H and O–H groups in total. The lowest BCUT2D eigenvalue weighted by molar-refractivity contribution is -0.384. The van der Waals surface area contributed by atoms with E-state index >= 15 is 0 Å². The lowest BCUT2D eigenvalue weighted by Crippen LogP contribution is -2.29. The predicted molar refractivity (Wildman–Crippen MR) is 69.3 cm³/mol. The number of carbonyl (C=O) groups excluding carboxylic acids is 1. The molecule has 7 nitrogen and oxygen atoms in total. The molecule has 0 unspecified atom stereocenters. The predicted octanol–water partition coefficient (Wildman–Crippen LogP) is 1.39. The Labute approximate surface area is 115 Å². The van der Waals surface area contributed by atoms with Crippen molar-refractivity contribution in [1.82, 2.24) is 4.90 Å². The number of nitrogens with zero attached hydrogens (tertiary/aromatic N) is 2. The van der Waals surface area contributed by atoms with Crippen molar-refractivity contribution in [2.45, 2.75) is 6.92 Å². The largest absolute Gasteiger partial charge is 0.481 e. The number of benzene rings is 1. The molecule has 1 heterocycles.